The monoisotopic (exact) mass is 378 g/mol. The maximum Gasteiger partial charge on any atom is 0.251 e. The van der Waals surface area contributed by atoms with Gasteiger partial charge >= 0.3 is 0 Å². The molecule has 1 saturated heterocycles. The highest BCUT2D eigenvalue weighted by molar-refractivity contribution is 5.95. The van der Waals surface area contributed by atoms with E-state index in [0.717, 1.165) is 12.8 Å². The molecule has 0 bridgehead atoms. The average molecular weight is 378 g/mol. The smallest absolute Gasteiger partial charge is 0.251 e. The Morgan fingerprint density at radius 3 is 1.93 bits per heavy atom. The van der Waals surface area contributed by atoms with Crippen LogP contribution >= 0.6 is 0 Å². The normalized spacial score (nSPS) is 15.3. The standard InChI is InChI=1S/C20H30N2O5/c1-20(2,3)19(24)22-9-7-14(8-10-22)21-18(23)13-11-15(25-4)17(27-6)16(12-13)26-5/h11-12,14H,7-10H2,1-6H3,(H,21,23). The molecule has 2 rings (SSSR count). The molecule has 1 aliphatic rings. The van der Waals surface area contributed by atoms with Crippen LogP contribution in [0.4, 0.5) is 0 Å². The highest BCUT2D eigenvalue weighted by Gasteiger charge is 2.31. The highest BCUT2D eigenvalue weighted by Crippen LogP contribution is 2.38. The largest absolute Gasteiger partial charge is 0.493 e. The minimum Gasteiger partial charge on any atom is -0.493 e. The van der Waals surface area contributed by atoms with Gasteiger partial charge in [0.15, 0.2) is 11.5 Å². The molecule has 1 fully saturated rings. The van der Waals surface area contributed by atoms with E-state index in [9.17, 15) is 9.59 Å². The molecule has 0 spiro atoms. The Labute approximate surface area is 161 Å². The summed E-state index contributed by atoms with van der Waals surface area (Å²) in [6.07, 6.45) is 1.47. The van der Waals surface area contributed by atoms with Crippen molar-refractivity contribution < 1.29 is 23.8 Å². The minimum atomic E-state index is -0.383. The van der Waals surface area contributed by atoms with Crippen molar-refractivity contribution in [2.45, 2.75) is 39.7 Å². The molecule has 150 valence electrons. The van der Waals surface area contributed by atoms with Crippen LogP contribution in [-0.4, -0.2) is 57.2 Å². The van der Waals surface area contributed by atoms with Crippen LogP contribution < -0.4 is 19.5 Å². The highest BCUT2D eigenvalue weighted by atomic mass is 16.5. The molecule has 7 nitrogen and oxygen atoms in total. The van der Waals surface area contributed by atoms with Gasteiger partial charge in [-0.25, -0.2) is 0 Å². The summed E-state index contributed by atoms with van der Waals surface area (Å²) in [5.41, 5.74) is 0.0597. The van der Waals surface area contributed by atoms with Gasteiger partial charge in [0.05, 0.1) is 21.3 Å². The molecule has 0 aromatic heterocycles. The Morgan fingerprint density at radius 1 is 1.00 bits per heavy atom. The summed E-state index contributed by atoms with van der Waals surface area (Å²) >= 11 is 0. The lowest BCUT2D eigenvalue weighted by Crippen LogP contribution is -2.49. The molecule has 0 atom stereocenters. The fourth-order valence-corrected chi connectivity index (χ4v) is 3.18. The number of hydrogen-bond donors (Lipinski definition) is 1. The van der Waals surface area contributed by atoms with E-state index >= 15 is 0 Å². The van der Waals surface area contributed by atoms with Gasteiger partial charge in [0.1, 0.15) is 0 Å². The SMILES string of the molecule is COc1cc(C(=O)NC2CCN(C(=O)C(C)(C)C)CC2)cc(OC)c1OC. The second-order valence-corrected chi connectivity index (χ2v) is 7.70. The number of piperidine rings is 1. The van der Waals surface area contributed by atoms with Gasteiger partial charge in [-0.1, -0.05) is 20.8 Å². The van der Waals surface area contributed by atoms with Crippen LogP contribution in [-0.2, 0) is 4.79 Å². The van der Waals surface area contributed by atoms with Crippen LogP contribution in [0.3, 0.4) is 0 Å². The van der Waals surface area contributed by atoms with Crippen molar-refractivity contribution in [3.63, 3.8) is 0 Å². The van der Waals surface area contributed by atoms with Crippen molar-refractivity contribution in [3.05, 3.63) is 17.7 Å². The molecule has 0 saturated carbocycles. The van der Waals surface area contributed by atoms with Gasteiger partial charge < -0.3 is 24.4 Å². The second kappa shape index (κ2) is 8.50. The summed E-state index contributed by atoms with van der Waals surface area (Å²) in [5.74, 6) is 1.28. The first-order valence-electron chi connectivity index (χ1n) is 9.11. The maximum atomic E-state index is 12.7. The first-order valence-corrected chi connectivity index (χ1v) is 9.11. The molecule has 0 radical (unpaired) electrons. The summed E-state index contributed by atoms with van der Waals surface area (Å²) in [4.78, 5) is 26.9. The number of carbonyl (C=O) groups is 2. The van der Waals surface area contributed by atoms with Crippen LogP contribution in [0.5, 0.6) is 17.2 Å². The van der Waals surface area contributed by atoms with Crippen LogP contribution in [0.2, 0.25) is 0 Å². The van der Waals surface area contributed by atoms with E-state index in [2.05, 4.69) is 5.32 Å². The molecule has 1 aromatic carbocycles. The van der Waals surface area contributed by atoms with E-state index in [1.807, 2.05) is 25.7 Å². The Hall–Kier alpha value is -2.44. The van der Waals surface area contributed by atoms with E-state index in [0.29, 0.717) is 35.9 Å². The predicted octanol–water partition coefficient (Wildman–Crippen LogP) is 2.48. The van der Waals surface area contributed by atoms with Crippen molar-refractivity contribution in [2.75, 3.05) is 34.4 Å². The Morgan fingerprint density at radius 2 is 1.52 bits per heavy atom. The second-order valence-electron chi connectivity index (χ2n) is 7.70. The van der Waals surface area contributed by atoms with Gasteiger partial charge in [-0.2, -0.15) is 0 Å². The topological polar surface area (TPSA) is 77.1 Å². The molecule has 27 heavy (non-hydrogen) atoms. The Bertz CT molecular complexity index is 663. The van der Waals surface area contributed by atoms with Crippen LogP contribution in [0, 0.1) is 5.41 Å². The molecular formula is C20H30N2O5. The van der Waals surface area contributed by atoms with Crippen molar-refractivity contribution in [1.29, 1.82) is 0 Å². The number of rotatable bonds is 5. The van der Waals surface area contributed by atoms with Gasteiger partial charge in [0.2, 0.25) is 11.7 Å². The number of benzene rings is 1. The lowest BCUT2D eigenvalue weighted by molar-refractivity contribution is -0.140. The molecule has 0 aliphatic carbocycles. The first-order chi connectivity index (χ1) is 12.7. The molecule has 1 N–H and O–H groups in total. The number of hydrogen-bond acceptors (Lipinski definition) is 5. The van der Waals surface area contributed by atoms with E-state index in [4.69, 9.17) is 14.2 Å². The van der Waals surface area contributed by atoms with Crippen molar-refractivity contribution in [2.24, 2.45) is 5.41 Å². The number of methoxy groups -OCH3 is 3. The zero-order valence-corrected chi connectivity index (χ0v) is 17.0. The minimum absolute atomic E-state index is 0.0283. The Kier molecular flexibility index (Phi) is 6.57. The van der Waals surface area contributed by atoms with Gasteiger partial charge in [0, 0.05) is 30.1 Å². The Balaban J connectivity index is 2.03. The quantitative estimate of drug-likeness (QED) is 0.852. The predicted molar refractivity (Wildman–Crippen MR) is 103 cm³/mol. The van der Waals surface area contributed by atoms with Crippen molar-refractivity contribution in [3.8, 4) is 17.2 Å². The van der Waals surface area contributed by atoms with Gasteiger partial charge in [-0.05, 0) is 25.0 Å². The first kappa shape index (κ1) is 20.9. The van der Waals surface area contributed by atoms with Crippen LogP contribution in [0.1, 0.15) is 44.0 Å². The van der Waals surface area contributed by atoms with Crippen molar-refractivity contribution in [1.82, 2.24) is 10.2 Å². The van der Waals surface area contributed by atoms with E-state index in [1.54, 1.807) is 12.1 Å². The van der Waals surface area contributed by atoms with E-state index in [1.165, 1.54) is 21.3 Å². The number of ether oxygens (including phenoxy) is 3. The number of carbonyl (C=O) groups excluding carboxylic acids is 2. The molecule has 2 amide bonds. The number of nitrogens with one attached hydrogen (secondary N) is 1. The fourth-order valence-electron chi connectivity index (χ4n) is 3.18. The molecule has 1 aliphatic heterocycles. The summed E-state index contributed by atoms with van der Waals surface area (Å²) in [6, 6.07) is 3.30. The third kappa shape index (κ3) is 4.84. The third-order valence-corrected chi connectivity index (χ3v) is 4.69. The van der Waals surface area contributed by atoms with Gasteiger partial charge in [-0.3, -0.25) is 9.59 Å². The summed E-state index contributed by atoms with van der Waals surface area (Å²) in [6.45, 7) is 7.07. The summed E-state index contributed by atoms with van der Waals surface area (Å²) in [7, 11) is 4.55. The van der Waals surface area contributed by atoms with Gasteiger partial charge in [0.25, 0.3) is 5.91 Å². The van der Waals surface area contributed by atoms with Gasteiger partial charge in [-0.15, -0.1) is 0 Å². The van der Waals surface area contributed by atoms with E-state index < -0.39 is 0 Å². The number of likely N-dealkylation sites (tertiary alicyclic amines) is 1. The van der Waals surface area contributed by atoms with Crippen LogP contribution in [0.15, 0.2) is 12.1 Å². The average Bonchev–Trinajstić information content (AvgIpc) is 2.65. The lowest BCUT2D eigenvalue weighted by atomic mass is 9.93. The number of amides is 2. The molecule has 0 unspecified atom stereocenters. The summed E-state index contributed by atoms with van der Waals surface area (Å²) in [5, 5.41) is 3.04. The third-order valence-electron chi connectivity index (χ3n) is 4.69. The summed E-state index contributed by atoms with van der Waals surface area (Å²) < 4.78 is 15.9. The lowest BCUT2D eigenvalue weighted by Gasteiger charge is -2.36. The zero-order valence-electron chi connectivity index (χ0n) is 17.0. The molecule has 1 aromatic rings. The van der Waals surface area contributed by atoms with Crippen LogP contribution in [0.25, 0.3) is 0 Å². The molecule has 7 heteroatoms. The van der Waals surface area contributed by atoms with Crippen molar-refractivity contribution >= 4 is 11.8 Å². The molecular weight excluding hydrogens is 348 g/mol. The maximum absolute atomic E-state index is 12.7. The number of nitrogens with zero attached hydrogens (tertiary/aromatic N) is 1. The fraction of sp³-hybridized carbons (Fsp3) is 0.600. The zero-order chi connectivity index (χ0) is 20.2. The molecule has 1 heterocycles. The van der Waals surface area contributed by atoms with E-state index in [-0.39, 0.29) is 23.3 Å².